The summed E-state index contributed by atoms with van der Waals surface area (Å²) < 4.78 is 1.83. The van der Waals surface area contributed by atoms with Crippen LogP contribution in [0.2, 0.25) is 0 Å². The Labute approximate surface area is 98.6 Å². The Morgan fingerprint density at radius 3 is 2.65 bits per heavy atom. The average molecular weight is 222 g/mol. The highest BCUT2D eigenvalue weighted by Crippen LogP contribution is 2.16. The molecule has 0 aliphatic heterocycles. The standard InChI is InChI=1S/C13H10N4/c1-2-4-12(5-3-1)17-9-11(8-16-17)13-6-7-14-10-15-13/h1-10H. The lowest BCUT2D eigenvalue weighted by molar-refractivity contribution is 0.880. The van der Waals surface area contributed by atoms with E-state index < -0.39 is 0 Å². The Kier molecular flexibility index (Phi) is 2.38. The van der Waals surface area contributed by atoms with Gasteiger partial charge in [0.2, 0.25) is 0 Å². The normalized spacial score (nSPS) is 10.4. The van der Waals surface area contributed by atoms with Gasteiger partial charge in [-0.05, 0) is 18.2 Å². The topological polar surface area (TPSA) is 43.6 Å². The van der Waals surface area contributed by atoms with Crippen molar-refractivity contribution in [3.05, 3.63) is 61.3 Å². The molecule has 0 saturated heterocycles. The third-order valence-electron chi connectivity index (χ3n) is 2.48. The van der Waals surface area contributed by atoms with E-state index in [-0.39, 0.29) is 0 Å². The molecule has 3 rings (SSSR count). The van der Waals surface area contributed by atoms with E-state index >= 15 is 0 Å². The van der Waals surface area contributed by atoms with Crippen molar-refractivity contribution in [2.24, 2.45) is 0 Å². The molecule has 0 aliphatic carbocycles. The Bertz CT molecular complexity index is 548. The smallest absolute Gasteiger partial charge is 0.116 e. The number of benzene rings is 1. The van der Waals surface area contributed by atoms with Gasteiger partial charge in [-0.2, -0.15) is 5.10 Å². The first-order chi connectivity index (χ1) is 8.43. The summed E-state index contributed by atoms with van der Waals surface area (Å²) in [4.78, 5) is 8.09. The lowest BCUT2D eigenvalue weighted by atomic mass is 10.2. The van der Waals surface area contributed by atoms with Gasteiger partial charge in [0, 0.05) is 18.0 Å². The zero-order valence-corrected chi connectivity index (χ0v) is 9.06. The second-order valence-corrected chi connectivity index (χ2v) is 3.60. The molecule has 0 fully saturated rings. The highest BCUT2D eigenvalue weighted by atomic mass is 15.3. The number of para-hydroxylation sites is 1. The first-order valence-electron chi connectivity index (χ1n) is 5.30. The van der Waals surface area contributed by atoms with Crippen LogP contribution in [-0.4, -0.2) is 19.7 Å². The second-order valence-electron chi connectivity index (χ2n) is 3.60. The van der Waals surface area contributed by atoms with E-state index in [0.29, 0.717) is 0 Å². The van der Waals surface area contributed by atoms with Crippen LogP contribution in [0.4, 0.5) is 0 Å². The molecule has 2 aromatic heterocycles. The van der Waals surface area contributed by atoms with Crippen molar-refractivity contribution in [1.29, 1.82) is 0 Å². The summed E-state index contributed by atoms with van der Waals surface area (Å²) in [5.41, 5.74) is 2.89. The number of rotatable bonds is 2. The van der Waals surface area contributed by atoms with E-state index in [0.717, 1.165) is 16.9 Å². The van der Waals surface area contributed by atoms with Gasteiger partial charge >= 0.3 is 0 Å². The monoisotopic (exact) mass is 222 g/mol. The fraction of sp³-hybridized carbons (Fsp3) is 0. The molecule has 0 amide bonds. The molecular formula is C13H10N4. The van der Waals surface area contributed by atoms with Crippen LogP contribution >= 0.6 is 0 Å². The molecular weight excluding hydrogens is 212 g/mol. The summed E-state index contributed by atoms with van der Waals surface area (Å²) in [6.07, 6.45) is 7.02. The Morgan fingerprint density at radius 2 is 1.88 bits per heavy atom. The summed E-state index contributed by atoms with van der Waals surface area (Å²) in [7, 11) is 0. The quantitative estimate of drug-likeness (QED) is 0.668. The molecule has 4 nitrogen and oxygen atoms in total. The molecule has 0 saturated carbocycles. The maximum Gasteiger partial charge on any atom is 0.116 e. The van der Waals surface area contributed by atoms with Crippen molar-refractivity contribution >= 4 is 0 Å². The fourth-order valence-electron chi connectivity index (χ4n) is 1.64. The molecule has 1 aromatic carbocycles. The third-order valence-corrected chi connectivity index (χ3v) is 2.48. The zero-order chi connectivity index (χ0) is 11.5. The summed E-state index contributed by atoms with van der Waals surface area (Å²) in [6, 6.07) is 11.8. The van der Waals surface area contributed by atoms with Gasteiger partial charge in [0.25, 0.3) is 0 Å². The summed E-state index contributed by atoms with van der Waals surface area (Å²) >= 11 is 0. The van der Waals surface area contributed by atoms with Crippen LogP contribution in [0.3, 0.4) is 0 Å². The molecule has 0 unspecified atom stereocenters. The molecule has 0 atom stereocenters. The van der Waals surface area contributed by atoms with Gasteiger partial charge in [0.15, 0.2) is 0 Å². The molecule has 0 bridgehead atoms. The van der Waals surface area contributed by atoms with Crippen molar-refractivity contribution in [1.82, 2.24) is 19.7 Å². The first-order valence-corrected chi connectivity index (χ1v) is 5.30. The number of aromatic nitrogens is 4. The van der Waals surface area contributed by atoms with Crippen LogP contribution in [0.5, 0.6) is 0 Å². The number of hydrogen-bond donors (Lipinski definition) is 0. The van der Waals surface area contributed by atoms with Gasteiger partial charge in [-0.15, -0.1) is 0 Å². The van der Waals surface area contributed by atoms with E-state index in [9.17, 15) is 0 Å². The summed E-state index contributed by atoms with van der Waals surface area (Å²) in [5.74, 6) is 0. The first kappa shape index (κ1) is 9.72. The fourth-order valence-corrected chi connectivity index (χ4v) is 1.64. The van der Waals surface area contributed by atoms with E-state index in [2.05, 4.69) is 15.1 Å². The van der Waals surface area contributed by atoms with Gasteiger partial charge in [-0.25, -0.2) is 14.6 Å². The highest BCUT2D eigenvalue weighted by Gasteiger charge is 2.03. The van der Waals surface area contributed by atoms with E-state index in [4.69, 9.17) is 0 Å². The molecule has 2 heterocycles. The van der Waals surface area contributed by atoms with Crippen LogP contribution in [0.15, 0.2) is 61.3 Å². The highest BCUT2D eigenvalue weighted by molar-refractivity contribution is 5.56. The molecule has 0 spiro atoms. The van der Waals surface area contributed by atoms with Crippen molar-refractivity contribution in [2.75, 3.05) is 0 Å². The van der Waals surface area contributed by atoms with Crippen molar-refractivity contribution < 1.29 is 0 Å². The van der Waals surface area contributed by atoms with E-state index in [1.54, 1.807) is 12.4 Å². The Balaban J connectivity index is 1.99. The van der Waals surface area contributed by atoms with Crippen LogP contribution in [0.25, 0.3) is 16.9 Å². The molecule has 0 N–H and O–H groups in total. The minimum absolute atomic E-state index is 0.877. The maximum atomic E-state index is 4.32. The third kappa shape index (κ3) is 1.92. The van der Waals surface area contributed by atoms with Crippen LogP contribution in [0.1, 0.15) is 0 Å². The molecule has 82 valence electrons. The second kappa shape index (κ2) is 4.17. The molecule has 0 aliphatic rings. The molecule has 17 heavy (non-hydrogen) atoms. The number of nitrogens with zero attached hydrogens (tertiary/aromatic N) is 4. The Hall–Kier alpha value is -2.49. The maximum absolute atomic E-state index is 4.32. The van der Waals surface area contributed by atoms with Crippen LogP contribution in [0, 0.1) is 0 Å². The van der Waals surface area contributed by atoms with Gasteiger partial charge in [-0.3, -0.25) is 0 Å². The Morgan fingerprint density at radius 1 is 1.00 bits per heavy atom. The van der Waals surface area contributed by atoms with Gasteiger partial charge in [0.1, 0.15) is 6.33 Å². The largest absolute Gasteiger partial charge is 0.245 e. The van der Waals surface area contributed by atoms with Crippen molar-refractivity contribution in [3.8, 4) is 16.9 Å². The summed E-state index contributed by atoms with van der Waals surface area (Å²) in [6.45, 7) is 0. The predicted molar refractivity (Wildman–Crippen MR) is 64.6 cm³/mol. The van der Waals surface area contributed by atoms with Crippen molar-refractivity contribution in [3.63, 3.8) is 0 Å². The minimum atomic E-state index is 0.877. The van der Waals surface area contributed by atoms with Crippen LogP contribution in [-0.2, 0) is 0 Å². The minimum Gasteiger partial charge on any atom is -0.245 e. The van der Waals surface area contributed by atoms with Gasteiger partial charge < -0.3 is 0 Å². The lowest BCUT2D eigenvalue weighted by Gasteiger charge is -1.98. The molecule has 4 heteroatoms. The number of hydrogen-bond acceptors (Lipinski definition) is 3. The van der Waals surface area contributed by atoms with Crippen molar-refractivity contribution in [2.45, 2.75) is 0 Å². The van der Waals surface area contributed by atoms with E-state index in [1.807, 2.05) is 47.3 Å². The van der Waals surface area contributed by atoms with Gasteiger partial charge in [-0.1, -0.05) is 18.2 Å². The van der Waals surface area contributed by atoms with Crippen LogP contribution < -0.4 is 0 Å². The summed E-state index contributed by atoms with van der Waals surface area (Å²) in [5, 5.41) is 4.32. The van der Waals surface area contributed by atoms with E-state index in [1.165, 1.54) is 6.33 Å². The SMILES string of the molecule is c1ccc(-n2cc(-c3ccncn3)cn2)cc1. The lowest BCUT2D eigenvalue weighted by Crippen LogP contribution is -1.92. The molecule has 0 radical (unpaired) electrons. The zero-order valence-electron chi connectivity index (χ0n) is 9.06. The van der Waals surface area contributed by atoms with Gasteiger partial charge in [0.05, 0.1) is 17.6 Å². The molecule has 3 aromatic rings. The average Bonchev–Trinajstić information content (AvgIpc) is 2.90. The predicted octanol–water partition coefficient (Wildman–Crippen LogP) is 2.33.